The van der Waals surface area contributed by atoms with Gasteiger partial charge in [0.1, 0.15) is 0 Å². The normalized spacial score (nSPS) is 13.9. The van der Waals surface area contributed by atoms with Gasteiger partial charge in [-0.1, -0.05) is 139 Å². The van der Waals surface area contributed by atoms with E-state index in [0.717, 1.165) is 57.8 Å². The number of allylic oxidation sites excluding steroid dienone is 9. The average Bonchev–Trinajstić information content (AvgIpc) is 3.01. The molecule has 0 aliphatic heterocycles. The first-order valence-corrected chi connectivity index (χ1v) is 18.0. The Morgan fingerprint density at radius 2 is 0.977 bits per heavy atom. The van der Waals surface area contributed by atoms with Crippen LogP contribution in [0.25, 0.3) is 0 Å². The van der Waals surface area contributed by atoms with Crippen LogP contribution in [0, 0.1) is 0 Å². The van der Waals surface area contributed by atoms with Crippen LogP contribution in [0.3, 0.4) is 0 Å². The minimum Gasteiger partial charge on any atom is -0.394 e. The van der Waals surface area contributed by atoms with Crippen molar-refractivity contribution in [3.8, 4) is 0 Å². The first-order chi connectivity index (χ1) is 21.2. The Labute approximate surface area is 266 Å². The molecule has 0 rings (SSSR count). The lowest BCUT2D eigenvalue weighted by Crippen LogP contribution is -2.45. The van der Waals surface area contributed by atoms with Crippen molar-refractivity contribution >= 4 is 5.91 Å². The maximum atomic E-state index is 12.3. The summed E-state index contributed by atoms with van der Waals surface area (Å²) in [7, 11) is 0. The summed E-state index contributed by atoms with van der Waals surface area (Å²) < 4.78 is 0. The zero-order valence-electron chi connectivity index (χ0n) is 28.2. The summed E-state index contributed by atoms with van der Waals surface area (Å²) in [5.74, 6) is -0.0962. The van der Waals surface area contributed by atoms with Crippen LogP contribution in [-0.4, -0.2) is 34.9 Å². The van der Waals surface area contributed by atoms with Gasteiger partial charge in [-0.3, -0.25) is 4.79 Å². The molecule has 2 unspecified atom stereocenters. The van der Waals surface area contributed by atoms with Gasteiger partial charge in [-0.2, -0.15) is 0 Å². The average molecular weight is 600 g/mol. The SMILES string of the molecule is CCCCC/C=C\C/C=C\CCCCCCCC(=O)NC(CO)C(O)/C=C/CC/C=C/CC/C=C/CCCCCCCC. The van der Waals surface area contributed by atoms with E-state index in [1.165, 1.54) is 83.5 Å². The first-order valence-electron chi connectivity index (χ1n) is 18.0. The van der Waals surface area contributed by atoms with E-state index in [1.54, 1.807) is 6.08 Å². The summed E-state index contributed by atoms with van der Waals surface area (Å²) >= 11 is 0. The molecule has 0 aromatic carbocycles. The van der Waals surface area contributed by atoms with Gasteiger partial charge < -0.3 is 15.5 Å². The molecular weight excluding hydrogens is 530 g/mol. The monoisotopic (exact) mass is 600 g/mol. The topological polar surface area (TPSA) is 69.6 Å². The third-order valence-corrected chi connectivity index (χ3v) is 7.70. The predicted octanol–water partition coefficient (Wildman–Crippen LogP) is 10.6. The van der Waals surface area contributed by atoms with Gasteiger partial charge in [0, 0.05) is 6.42 Å². The molecule has 43 heavy (non-hydrogen) atoms. The third kappa shape index (κ3) is 31.3. The van der Waals surface area contributed by atoms with E-state index in [0.29, 0.717) is 6.42 Å². The number of carbonyl (C=O) groups is 1. The fourth-order valence-electron chi connectivity index (χ4n) is 4.88. The molecule has 2 atom stereocenters. The Morgan fingerprint density at radius 3 is 1.53 bits per heavy atom. The van der Waals surface area contributed by atoms with Crippen molar-refractivity contribution in [2.45, 2.75) is 174 Å². The molecule has 1 amide bonds. The largest absolute Gasteiger partial charge is 0.394 e. The fraction of sp³-hybridized carbons (Fsp3) is 0.718. The molecule has 0 fully saturated rings. The molecule has 0 radical (unpaired) electrons. The van der Waals surface area contributed by atoms with Crippen molar-refractivity contribution in [3.63, 3.8) is 0 Å². The molecule has 0 aromatic heterocycles. The summed E-state index contributed by atoms with van der Waals surface area (Å²) in [6, 6.07) is -0.652. The number of aliphatic hydroxyl groups excluding tert-OH is 2. The summed E-state index contributed by atoms with van der Waals surface area (Å²) in [5.41, 5.74) is 0. The second-order valence-corrected chi connectivity index (χ2v) is 11.9. The van der Waals surface area contributed by atoms with E-state index >= 15 is 0 Å². The molecule has 0 aromatic rings. The molecule has 4 heteroatoms. The van der Waals surface area contributed by atoms with Crippen LogP contribution >= 0.6 is 0 Å². The lowest BCUT2D eigenvalue weighted by Gasteiger charge is -2.19. The number of nitrogens with one attached hydrogen (secondary N) is 1. The zero-order valence-corrected chi connectivity index (χ0v) is 28.2. The summed E-state index contributed by atoms with van der Waals surface area (Å²) in [5, 5.41) is 22.8. The Hall–Kier alpha value is -1.91. The molecule has 248 valence electrons. The van der Waals surface area contributed by atoms with Crippen molar-refractivity contribution in [3.05, 3.63) is 60.8 Å². The maximum absolute atomic E-state index is 12.3. The number of aliphatic hydroxyl groups is 2. The van der Waals surface area contributed by atoms with E-state index in [9.17, 15) is 15.0 Å². The molecule has 0 heterocycles. The van der Waals surface area contributed by atoms with Crippen LogP contribution in [-0.2, 0) is 4.79 Å². The summed E-state index contributed by atoms with van der Waals surface area (Å²) in [6.07, 6.45) is 47.2. The van der Waals surface area contributed by atoms with E-state index in [1.807, 2.05) is 6.08 Å². The van der Waals surface area contributed by atoms with Gasteiger partial charge in [-0.15, -0.1) is 0 Å². The number of hydrogen-bond acceptors (Lipinski definition) is 3. The number of carbonyl (C=O) groups excluding carboxylic acids is 1. The van der Waals surface area contributed by atoms with Crippen LogP contribution in [0.1, 0.15) is 162 Å². The highest BCUT2D eigenvalue weighted by molar-refractivity contribution is 5.76. The van der Waals surface area contributed by atoms with Crippen molar-refractivity contribution in [1.29, 1.82) is 0 Å². The Kier molecular flexibility index (Phi) is 33.0. The van der Waals surface area contributed by atoms with Gasteiger partial charge in [0.15, 0.2) is 0 Å². The Balaban J connectivity index is 3.77. The maximum Gasteiger partial charge on any atom is 0.220 e. The first kappa shape index (κ1) is 41.1. The number of hydrogen-bond donors (Lipinski definition) is 3. The second-order valence-electron chi connectivity index (χ2n) is 11.9. The van der Waals surface area contributed by atoms with Gasteiger partial charge in [0.2, 0.25) is 5.91 Å². The third-order valence-electron chi connectivity index (χ3n) is 7.70. The fourth-order valence-corrected chi connectivity index (χ4v) is 4.88. The number of amides is 1. The molecular formula is C39H69NO3. The van der Waals surface area contributed by atoms with Crippen molar-refractivity contribution < 1.29 is 15.0 Å². The van der Waals surface area contributed by atoms with Crippen LogP contribution in [0.15, 0.2) is 60.8 Å². The van der Waals surface area contributed by atoms with Crippen LogP contribution < -0.4 is 5.32 Å². The zero-order chi connectivity index (χ0) is 31.5. The van der Waals surface area contributed by atoms with E-state index in [-0.39, 0.29) is 12.5 Å². The molecule has 0 saturated heterocycles. The van der Waals surface area contributed by atoms with Gasteiger partial charge in [0.25, 0.3) is 0 Å². The smallest absolute Gasteiger partial charge is 0.220 e. The van der Waals surface area contributed by atoms with Crippen molar-refractivity contribution in [1.82, 2.24) is 5.32 Å². The van der Waals surface area contributed by atoms with Gasteiger partial charge in [-0.25, -0.2) is 0 Å². The summed E-state index contributed by atoms with van der Waals surface area (Å²) in [4.78, 5) is 12.3. The lowest BCUT2D eigenvalue weighted by molar-refractivity contribution is -0.123. The van der Waals surface area contributed by atoms with Gasteiger partial charge in [0.05, 0.1) is 18.8 Å². The van der Waals surface area contributed by atoms with E-state index in [4.69, 9.17) is 0 Å². The standard InChI is InChI=1S/C39H69NO3/c1-3-5-7-9-11-13-15-17-19-21-22-24-26-28-30-32-34-38(42)37(36-41)40-39(43)35-33-31-29-27-25-23-20-18-16-14-12-10-8-6-4-2/h12,14,17-20,24,26,32,34,37-38,41-42H,3-11,13,15-16,21-23,25,27-31,33,35-36H2,1-2H3,(H,40,43)/b14-12-,19-17+,20-18-,26-24+,34-32+. The molecule has 0 bridgehead atoms. The summed E-state index contributed by atoms with van der Waals surface area (Å²) in [6.45, 7) is 4.23. The molecule has 3 N–H and O–H groups in total. The van der Waals surface area contributed by atoms with Gasteiger partial charge >= 0.3 is 0 Å². The molecule has 0 aliphatic carbocycles. The molecule has 4 nitrogen and oxygen atoms in total. The highest BCUT2D eigenvalue weighted by Gasteiger charge is 2.17. The lowest BCUT2D eigenvalue weighted by atomic mass is 10.1. The minimum absolute atomic E-state index is 0.0962. The molecule has 0 saturated carbocycles. The molecule has 0 spiro atoms. The predicted molar refractivity (Wildman–Crippen MR) is 188 cm³/mol. The van der Waals surface area contributed by atoms with Crippen LogP contribution in [0.5, 0.6) is 0 Å². The van der Waals surface area contributed by atoms with Crippen LogP contribution in [0.4, 0.5) is 0 Å². The minimum atomic E-state index is -0.876. The second kappa shape index (κ2) is 34.6. The van der Waals surface area contributed by atoms with Gasteiger partial charge in [-0.05, 0) is 77.0 Å². The van der Waals surface area contributed by atoms with Crippen molar-refractivity contribution in [2.75, 3.05) is 6.61 Å². The number of unbranched alkanes of at least 4 members (excludes halogenated alkanes) is 16. The Morgan fingerprint density at radius 1 is 0.558 bits per heavy atom. The Bertz CT molecular complexity index is 737. The highest BCUT2D eigenvalue weighted by Crippen LogP contribution is 2.10. The van der Waals surface area contributed by atoms with E-state index < -0.39 is 12.1 Å². The highest BCUT2D eigenvalue weighted by atomic mass is 16.3. The van der Waals surface area contributed by atoms with Crippen LogP contribution in [0.2, 0.25) is 0 Å². The number of rotatable bonds is 31. The van der Waals surface area contributed by atoms with E-state index in [2.05, 4.69) is 67.8 Å². The van der Waals surface area contributed by atoms with Crippen molar-refractivity contribution in [2.24, 2.45) is 0 Å². The quantitative estimate of drug-likeness (QED) is 0.0548. The molecule has 0 aliphatic rings.